The van der Waals surface area contributed by atoms with Crippen LogP contribution in [0.3, 0.4) is 0 Å². The summed E-state index contributed by atoms with van der Waals surface area (Å²) >= 11 is 0. The zero-order chi connectivity index (χ0) is 29.2. The molecule has 0 saturated heterocycles. The maximum Gasteiger partial charge on any atom is 0.472 e. The Morgan fingerprint density at radius 3 is 1.92 bits per heavy atom. The Morgan fingerprint density at radius 2 is 1.31 bits per heavy atom. The number of hydrogen-bond donors (Lipinski definition) is 3. The van der Waals surface area contributed by atoms with Gasteiger partial charge in [-0.05, 0) is 12.8 Å². The summed E-state index contributed by atoms with van der Waals surface area (Å²) in [6.07, 6.45) is 16.6. The topological polar surface area (TPSA) is 149 Å². The second kappa shape index (κ2) is 25.9. The lowest BCUT2D eigenvalue weighted by Crippen LogP contribution is -2.29. The van der Waals surface area contributed by atoms with Gasteiger partial charge in [0.25, 0.3) is 0 Å². The zero-order valence-electron chi connectivity index (χ0n) is 24.2. The first-order valence-electron chi connectivity index (χ1n) is 14.8. The Kier molecular flexibility index (Phi) is 25.2. The van der Waals surface area contributed by atoms with E-state index in [0.717, 1.165) is 32.1 Å². The Hall–Kier alpha value is -1.03. The van der Waals surface area contributed by atoms with E-state index in [1.807, 2.05) is 6.92 Å². The van der Waals surface area contributed by atoms with Crippen LogP contribution in [0.1, 0.15) is 123 Å². The predicted molar refractivity (Wildman–Crippen MR) is 150 cm³/mol. The molecule has 0 spiro atoms. The third-order valence-electron chi connectivity index (χ3n) is 6.06. The summed E-state index contributed by atoms with van der Waals surface area (Å²) in [4.78, 5) is 34.1. The van der Waals surface area contributed by atoms with Crippen molar-refractivity contribution in [3.05, 3.63) is 6.42 Å². The Balaban J connectivity index is 4.30. The van der Waals surface area contributed by atoms with Gasteiger partial charge in [0.05, 0.1) is 19.8 Å². The first-order valence-corrected chi connectivity index (χ1v) is 16.3. The smallest absolute Gasteiger partial charge is 0.462 e. The normalized spacial score (nSPS) is 14.5. The number of esters is 2. The number of unbranched alkanes of at least 4 members (excludes halogenated alkanes) is 14. The van der Waals surface area contributed by atoms with Gasteiger partial charge in [-0.3, -0.25) is 18.6 Å². The lowest BCUT2D eigenvalue weighted by Gasteiger charge is -2.20. The molecule has 1 unspecified atom stereocenters. The predicted octanol–water partition coefficient (Wildman–Crippen LogP) is 5.80. The second-order valence-corrected chi connectivity index (χ2v) is 11.4. The highest BCUT2D eigenvalue weighted by Gasteiger charge is 2.27. The van der Waals surface area contributed by atoms with Crippen molar-refractivity contribution in [1.29, 1.82) is 0 Å². The van der Waals surface area contributed by atoms with E-state index in [2.05, 4.69) is 17.9 Å². The molecule has 0 saturated carbocycles. The van der Waals surface area contributed by atoms with Crippen LogP contribution in [-0.4, -0.2) is 65.7 Å². The van der Waals surface area contributed by atoms with Crippen LogP contribution < -0.4 is 0 Å². The van der Waals surface area contributed by atoms with Gasteiger partial charge < -0.3 is 31.0 Å². The molecule has 0 bridgehead atoms. The van der Waals surface area contributed by atoms with Crippen LogP contribution in [0, 0.1) is 6.42 Å². The number of phosphoric ester groups is 1. The molecule has 0 radical (unpaired) electrons. The third kappa shape index (κ3) is 25.7. The number of aliphatic hydroxyl groups excluding tert-OH is 2. The fourth-order valence-electron chi connectivity index (χ4n) is 3.73. The maximum absolute atomic E-state index is 12.3. The van der Waals surface area contributed by atoms with Crippen LogP contribution >= 0.6 is 7.82 Å². The molecule has 3 atom stereocenters. The maximum atomic E-state index is 12.3. The molecule has 232 valence electrons. The first kappa shape index (κ1) is 38.0. The lowest BCUT2D eigenvalue weighted by atomic mass is 10.0. The Labute approximate surface area is 235 Å². The minimum absolute atomic E-state index is 0.186. The molecule has 11 heteroatoms. The standard InChI is InChI=1S/C28H54O10P/c1-3-5-7-8-9-10-11-12-13-14-15-16-18-20-28(32)38-26(23-35-27(31)19-17-6-4-2)24-37-39(33,34)36-22-25(30)21-29/h7,25-26,29-30H,3-6,8-24H2,1-2H3,(H,33,34)/q-1/t25-,26+/m0/s1. The van der Waals surface area contributed by atoms with Crippen LogP contribution in [0.5, 0.6) is 0 Å². The molecule has 39 heavy (non-hydrogen) atoms. The molecule has 3 N–H and O–H groups in total. The highest BCUT2D eigenvalue weighted by atomic mass is 31.2. The average Bonchev–Trinajstić information content (AvgIpc) is 2.91. The average molecular weight is 582 g/mol. The van der Waals surface area contributed by atoms with Gasteiger partial charge >= 0.3 is 19.8 Å². The Bertz CT molecular complexity index is 646. The summed E-state index contributed by atoms with van der Waals surface area (Å²) in [5, 5.41) is 18.1. The van der Waals surface area contributed by atoms with Crippen molar-refractivity contribution in [3.8, 4) is 0 Å². The van der Waals surface area contributed by atoms with Crippen LogP contribution in [-0.2, 0) is 32.7 Å². The molecule has 10 nitrogen and oxygen atoms in total. The number of hydrogen-bond acceptors (Lipinski definition) is 9. The van der Waals surface area contributed by atoms with E-state index in [-0.39, 0.29) is 19.4 Å². The van der Waals surface area contributed by atoms with Crippen LogP contribution in [0.2, 0.25) is 0 Å². The molecule has 0 heterocycles. The van der Waals surface area contributed by atoms with Crippen molar-refractivity contribution in [2.75, 3.05) is 26.4 Å². The van der Waals surface area contributed by atoms with E-state index >= 15 is 0 Å². The van der Waals surface area contributed by atoms with Gasteiger partial charge in [0.2, 0.25) is 0 Å². The Morgan fingerprint density at radius 1 is 0.744 bits per heavy atom. The van der Waals surface area contributed by atoms with Gasteiger partial charge in [-0.1, -0.05) is 84.5 Å². The molecule has 0 aliphatic carbocycles. The number of carbonyl (C=O) groups is 2. The lowest BCUT2D eigenvalue weighted by molar-refractivity contribution is -0.161. The molecule has 0 amide bonds. The second-order valence-electron chi connectivity index (χ2n) is 9.95. The van der Waals surface area contributed by atoms with Crippen molar-refractivity contribution in [2.45, 2.75) is 135 Å². The largest absolute Gasteiger partial charge is 0.472 e. The number of ether oxygens (including phenoxy) is 2. The molecule has 0 aliphatic heterocycles. The van der Waals surface area contributed by atoms with Gasteiger partial charge in [0.15, 0.2) is 6.10 Å². The highest BCUT2D eigenvalue weighted by Crippen LogP contribution is 2.43. The molecule has 0 aliphatic rings. The quantitative estimate of drug-likeness (QED) is 0.0448. The minimum Gasteiger partial charge on any atom is -0.462 e. The van der Waals surface area contributed by atoms with Crippen molar-refractivity contribution >= 4 is 19.8 Å². The summed E-state index contributed by atoms with van der Waals surface area (Å²) in [6, 6.07) is 0. The van der Waals surface area contributed by atoms with Gasteiger partial charge in [-0.2, -0.15) is 12.8 Å². The molecule has 0 aromatic heterocycles. The van der Waals surface area contributed by atoms with Gasteiger partial charge in [-0.25, -0.2) is 4.57 Å². The van der Waals surface area contributed by atoms with Gasteiger partial charge in [0, 0.05) is 12.8 Å². The van der Waals surface area contributed by atoms with E-state index in [0.29, 0.717) is 12.8 Å². The number of phosphoric acid groups is 1. The minimum atomic E-state index is -4.58. The van der Waals surface area contributed by atoms with Crippen molar-refractivity contribution in [1.82, 2.24) is 0 Å². The molecule has 0 aromatic carbocycles. The van der Waals surface area contributed by atoms with E-state index in [1.54, 1.807) is 0 Å². The van der Waals surface area contributed by atoms with Crippen LogP contribution in [0.25, 0.3) is 0 Å². The summed E-state index contributed by atoms with van der Waals surface area (Å²) in [5.41, 5.74) is 0. The summed E-state index contributed by atoms with van der Waals surface area (Å²) in [6.45, 7) is 2.11. The fourth-order valence-corrected chi connectivity index (χ4v) is 4.52. The van der Waals surface area contributed by atoms with Crippen LogP contribution in [0.4, 0.5) is 0 Å². The highest BCUT2D eigenvalue weighted by molar-refractivity contribution is 7.47. The summed E-state index contributed by atoms with van der Waals surface area (Å²) < 4.78 is 32.0. The van der Waals surface area contributed by atoms with E-state index in [1.165, 1.54) is 51.4 Å². The van der Waals surface area contributed by atoms with E-state index < -0.39 is 51.8 Å². The molecule has 0 fully saturated rings. The van der Waals surface area contributed by atoms with Crippen molar-refractivity contribution in [3.63, 3.8) is 0 Å². The molecule has 0 rings (SSSR count). The monoisotopic (exact) mass is 581 g/mol. The van der Waals surface area contributed by atoms with Gasteiger partial charge in [-0.15, -0.1) is 0 Å². The van der Waals surface area contributed by atoms with Crippen LogP contribution in [0.15, 0.2) is 0 Å². The molecule has 0 aromatic rings. The van der Waals surface area contributed by atoms with E-state index in [9.17, 15) is 24.2 Å². The van der Waals surface area contributed by atoms with Gasteiger partial charge in [0.1, 0.15) is 12.7 Å². The summed E-state index contributed by atoms with van der Waals surface area (Å²) in [5.74, 6) is -0.955. The number of carbonyl (C=O) groups excluding carboxylic acids is 2. The van der Waals surface area contributed by atoms with Crippen molar-refractivity contribution in [2.24, 2.45) is 0 Å². The summed E-state index contributed by atoms with van der Waals surface area (Å²) in [7, 11) is -4.58. The van der Waals surface area contributed by atoms with Crippen molar-refractivity contribution < 1.29 is 47.8 Å². The third-order valence-corrected chi connectivity index (χ3v) is 7.01. The number of aliphatic hydroxyl groups is 2. The molecular formula is C28H54O10P-. The SMILES string of the molecule is CCC[CH-]CCCCCCCCCCCC(=O)O[C@H](COC(=O)CCCCC)COP(=O)(O)OC[C@@H](O)CO. The number of rotatable bonds is 28. The first-order chi connectivity index (χ1) is 18.7. The zero-order valence-corrected chi connectivity index (χ0v) is 25.1. The van der Waals surface area contributed by atoms with E-state index in [4.69, 9.17) is 19.1 Å². The fraction of sp³-hybridized carbons (Fsp3) is 0.893. The molecular weight excluding hydrogens is 527 g/mol.